The molecule has 0 amide bonds. The van der Waals surface area contributed by atoms with Gasteiger partial charge in [-0.15, -0.1) is 24.0 Å². The normalized spacial score (nSPS) is 17.1. The Hall–Kier alpha value is -0.0900. The maximum Gasteiger partial charge on any atom is 0.213 e. The summed E-state index contributed by atoms with van der Waals surface area (Å²) in [6.45, 7) is 4.69. The number of halogens is 1. The minimum absolute atomic E-state index is 0. The van der Waals surface area contributed by atoms with Crippen LogP contribution in [0, 0.1) is 0 Å². The van der Waals surface area contributed by atoms with Gasteiger partial charge in [-0.3, -0.25) is 4.99 Å². The summed E-state index contributed by atoms with van der Waals surface area (Å²) in [7, 11) is -1.47. The summed E-state index contributed by atoms with van der Waals surface area (Å²) in [5, 5.41) is 0. The van der Waals surface area contributed by atoms with Crippen LogP contribution in [0.1, 0.15) is 32.6 Å². The third-order valence-electron chi connectivity index (χ3n) is 3.42. The van der Waals surface area contributed by atoms with E-state index in [1.165, 1.54) is 23.6 Å². The van der Waals surface area contributed by atoms with E-state index in [0.717, 1.165) is 13.1 Å². The van der Waals surface area contributed by atoms with Gasteiger partial charge in [-0.2, -0.15) is 0 Å². The van der Waals surface area contributed by atoms with Crippen molar-refractivity contribution in [3.8, 4) is 0 Å². The molecule has 1 saturated heterocycles. The van der Waals surface area contributed by atoms with E-state index >= 15 is 0 Å². The fourth-order valence-corrected chi connectivity index (χ4v) is 2.92. The molecule has 8 heteroatoms. The maximum atomic E-state index is 11.5. The molecule has 0 unspecified atom stereocenters. The second-order valence-corrected chi connectivity index (χ2v) is 7.23. The molecule has 0 bridgehead atoms. The first kappa shape index (κ1) is 19.9. The van der Waals surface area contributed by atoms with Crippen molar-refractivity contribution >= 4 is 40.0 Å². The standard InChI is InChI=1S/C12H26N4O2S.HI/c1-3-19(17,18)15(2)9-7-8-14-12(13)16-10-5-4-6-11-16;/h3-11H2,1-2H3,(H2,13,14);1H. The second-order valence-electron chi connectivity index (χ2n) is 4.86. The van der Waals surface area contributed by atoms with Crippen molar-refractivity contribution < 1.29 is 8.42 Å². The Kier molecular flexibility index (Phi) is 9.73. The Morgan fingerprint density at radius 3 is 2.45 bits per heavy atom. The number of likely N-dealkylation sites (tertiary alicyclic amines) is 1. The van der Waals surface area contributed by atoms with Crippen molar-refractivity contribution in [2.75, 3.05) is 39.0 Å². The molecule has 1 rings (SSSR count). The van der Waals surface area contributed by atoms with Crippen molar-refractivity contribution in [3.05, 3.63) is 0 Å². The minimum Gasteiger partial charge on any atom is -0.370 e. The lowest BCUT2D eigenvalue weighted by atomic mass is 10.1. The lowest BCUT2D eigenvalue weighted by Gasteiger charge is -2.27. The third-order valence-corrected chi connectivity index (χ3v) is 5.29. The third kappa shape index (κ3) is 6.57. The highest BCUT2D eigenvalue weighted by atomic mass is 127. The minimum atomic E-state index is -3.08. The van der Waals surface area contributed by atoms with Gasteiger partial charge in [0.1, 0.15) is 0 Å². The molecule has 0 atom stereocenters. The largest absolute Gasteiger partial charge is 0.370 e. The van der Waals surface area contributed by atoms with Crippen molar-refractivity contribution in [2.45, 2.75) is 32.6 Å². The molecule has 120 valence electrons. The molecule has 0 aromatic heterocycles. The average molecular weight is 418 g/mol. The van der Waals surface area contributed by atoms with Crippen molar-refractivity contribution in [1.82, 2.24) is 9.21 Å². The van der Waals surface area contributed by atoms with Gasteiger partial charge in [-0.25, -0.2) is 12.7 Å². The lowest BCUT2D eigenvalue weighted by molar-refractivity contribution is 0.338. The summed E-state index contributed by atoms with van der Waals surface area (Å²) in [4.78, 5) is 6.43. The van der Waals surface area contributed by atoms with Crippen LogP contribution in [-0.2, 0) is 10.0 Å². The zero-order chi connectivity index (χ0) is 14.3. The molecular formula is C12H27IN4O2S. The van der Waals surface area contributed by atoms with E-state index in [4.69, 9.17) is 5.73 Å². The highest BCUT2D eigenvalue weighted by Crippen LogP contribution is 2.08. The monoisotopic (exact) mass is 418 g/mol. The second kappa shape index (κ2) is 9.78. The molecular weight excluding hydrogens is 391 g/mol. The summed E-state index contributed by atoms with van der Waals surface area (Å²) < 4.78 is 24.5. The molecule has 0 spiro atoms. The number of guanidine groups is 1. The first-order valence-corrected chi connectivity index (χ1v) is 8.57. The molecule has 1 heterocycles. The number of piperidine rings is 1. The zero-order valence-electron chi connectivity index (χ0n) is 12.4. The van der Waals surface area contributed by atoms with Gasteiger partial charge in [0.15, 0.2) is 5.96 Å². The number of hydrogen-bond acceptors (Lipinski definition) is 3. The van der Waals surface area contributed by atoms with E-state index < -0.39 is 10.0 Å². The van der Waals surface area contributed by atoms with E-state index in [2.05, 4.69) is 9.89 Å². The molecule has 6 nitrogen and oxygen atoms in total. The fraction of sp³-hybridized carbons (Fsp3) is 0.917. The van der Waals surface area contributed by atoms with Crippen LogP contribution in [0.4, 0.5) is 0 Å². The Morgan fingerprint density at radius 1 is 1.30 bits per heavy atom. The first-order chi connectivity index (χ1) is 8.97. The Bertz CT molecular complexity index is 394. The van der Waals surface area contributed by atoms with E-state index in [9.17, 15) is 8.42 Å². The van der Waals surface area contributed by atoms with Crippen molar-refractivity contribution in [2.24, 2.45) is 10.7 Å². The van der Waals surface area contributed by atoms with E-state index in [1.54, 1.807) is 14.0 Å². The molecule has 1 aliphatic heterocycles. The first-order valence-electron chi connectivity index (χ1n) is 6.96. The number of nitrogens with two attached hydrogens (primary N) is 1. The smallest absolute Gasteiger partial charge is 0.213 e. The van der Waals surface area contributed by atoms with Crippen LogP contribution in [0.5, 0.6) is 0 Å². The summed E-state index contributed by atoms with van der Waals surface area (Å²) in [5.74, 6) is 0.739. The predicted molar refractivity (Wildman–Crippen MR) is 94.0 cm³/mol. The molecule has 0 aromatic rings. The quantitative estimate of drug-likeness (QED) is 0.303. The van der Waals surface area contributed by atoms with Crippen LogP contribution in [-0.4, -0.2) is 62.6 Å². The number of sulfonamides is 1. The molecule has 1 fully saturated rings. The Morgan fingerprint density at radius 2 is 1.90 bits per heavy atom. The zero-order valence-corrected chi connectivity index (χ0v) is 15.6. The van der Waals surface area contributed by atoms with Gasteiger partial charge in [0.05, 0.1) is 5.75 Å². The molecule has 0 saturated carbocycles. The van der Waals surface area contributed by atoms with Crippen LogP contribution in [0.15, 0.2) is 4.99 Å². The van der Waals surface area contributed by atoms with E-state index in [-0.39, 0.29) is 29.7 Å². The Balaban J connectivity index is 0.00000361. The van der Waals surface area contributed by atoms with E-state index in [0.29, 0.717) is 25.5 Å². The highest BCUT2D eigenvalue weighted by Gasteiger charge is 2.14. The van der Waals surface area contributed by atoms with Crippen LogP contribution in [0.25, 0.3) is 0 Å². The number of hydrogen-bond donors (Lipinski definition) is 1. The van der Waals surface area contributed by atoms with Crippen molar-refractivity contribution in [1.29, 1.82) is 0 Å². The van der Waals surface area contributed by atoms with Gasteiger partial charge in [-0.1, -0.05) is 0 Å². The van der Waals surface area contributed by atoms with Gasteiger partial charge < -0.3 is 10.6 Å². The van der Waals surface area contributed by atoms with Gasteiger partial charge in [-0.05, 0) is 32.6 Å². The molecule has 2 N–H and O–H groups in total. The number of aliphatic imine (C=N–C) groups is 1. The lowest BCUT2D eigenvalue weighted by Crippen LogP contribution is -2.41. The highest BCUT2D eigenvalue weighted by molar-refractivity contribution is 14.0. The molecule has 0 radical (unpaired) electrons. The van der Waals surface area contributed by atoms with Gasteiger partial charge >= 0.3 is 0 Å². The Labute approximate surface area is 139 Å². The maximum absolute atomic E-state index is 11.5. The summed E-state index contributed by atoms with van der Waals surface area (Å²) >= 11 is 0. The fourth-order valence-electron chi connectivity index (χ4n) is 2.07. The van der Waals surface area contributed by atoms with Crippen LogP contribution >= 0.6 is 24.0 Å². The van der Waals surface area contributed by atoms with Crippen LogP contribution in [0.2, 0.25) is 0 Å². The summed E-state index contributed by atoms with van der Waals surface area (Å²) in [6.07, 6.45) is 4.31. The average Bonchev–Trinajstić information content (AvgIpc) is 2.43. The van der Waals surface area contributed by atoms with Crippen LogP contribution < -0.4 is 5.73 Å². The topological polar surface area (TPSA) is 79.0 Å². The predicted octanol–water partition coefficient (Wildman–Crippen LogP) is 1.08. The number of rotatable bonds is 6. The number of nitrogens with zero attached hydrogens (tertiary/aromatic N) is 3. The van der Waals surface area contributed by atoms with E-state index in [1.807, 2.05) is 0 Å². The SMILES string of the molecule is CCS(=O)(=O)N(C)CCCN=C(N)N1CCCCC1.I. The summed E-state index contributed by atoms with van der Waals surface area (Å²) in [5.41, 5.74) is 5.92. The van der Waals surface area contributed by atoms with Gasteiger partial charge in [0.2, 0.25) is 10.0 Å². The van der Waals surface area contributed by atoms with Crippen molar-refractivity contribution in [3.63, 3.8) is 0 Å². The van der Waals surface area contributed by atoms with Crippen LogP contribution in [0.3, 0.4) is 0 Å². The molecule has 0 aromatic carbocycles. The van der Waals surface area contributed by atoms with Gasteiger partial charge in [0, 0.05) is 33.2 Å². The molecule has 0 aliphatic carbocycles. The summed E-state index contributed by atoms with van der Waals surface area (Å²) in [6, 6.07) is 0. The molecule has 1 aliphatic rings. The molecule has 20 heavy (non-hydrogen) atoms. The van der Waals surface area contributed by atoms with Gasteiger partial charge in [0.25, 0.3) is 0 Å².